The molecule has 0 N–H and O–H groups in total. The molecule has 3 heteroatoms. The maximum atomic E-state index is 13.0. The van der Waals surface area contributed by atoms with Crippen LogP contribution in [0.3, 0.4) is 0 Å². The fourth-order valence-corrected chi connectivity index (χ4v) is 3.25. The van der Waals surface area contributed by atoms with E-state index in [0.717, 1.165) is 16.8 Å². The van der Waals surface area contributed by atoms with Crippen LogP contribution in [-0.2, 0) is 0 Å². The standard InChI is InChI=1S/C23H17NO2/c1-15-11-13-16(14-12-15)21(24-17-7-3-2-4-8-17)20-22(25)18-9-5-6-10-19(18)23(20)26/h2-14,20H,1H3. The molecule has 0 radical (unpaired) electrons. The Balaban J connectivity index is 1.87. The van der Waals surface area contributed by atoms with Crippen LogP contribution in [0.1, 0.15) is 31.8 Å². The van der Waals surface area contributed by atoms with Crippen molar-refractivity contribution >= 4 is 23.0 Å². The Morgan fingerprint density at radius 1 is 0.731 bits per heavy atom. The average molecular weight is 339 g/mol. The molecular weight excluding hydrogens is 322 g/mol. The number of aryl methyl sites for hydroxylation is 1. The van der Waals surface area contributed by atoms with E-state index in [-0.39, 0.29) is 11.6 Å². The van der Waals surface area contributed by atoms with Gasteiger partial charge in [0, 0.05) is 11.1 Å². The molecule has 0 aliphatic heterocycles. The minimum atomic E-state index is -0.893. The summed E-state index contributed by atoms with van der Waals surface area (Å²) in [5.41, 5.74) is 4.09. The predicted molar refractivity (Wildman–Crippen MR) is 102 cm³/mol. The van der Waals surface area contributed by atoms with Crippen molar-refractivity contribution in [3.8, 4) is 0 Å². The summed E-state index contributed by atoms with van der Waals surface area (Å²) >= 11 is 0. The van der Waals surface area contributed by atoms with Crippen molar-refractivity contribution in [2.75, 3.05) is 0 Å². The summed E-state index contributed by atoms with van der Waals surface area (Å²) < 4.78 is 0. The van der Waals surface area contributed by atoms with Gasteiger partial charge in [-0.1, -0.05) is 72.3 Å². The first-order valence-electron chi connectivity index (χ1n) is 8.53. The summed E-state index contributed by atoms with van der Waals surface area (Å²) in [7, 11) is 0. The van der Waals surface area contributed by atoms with Crippen molar-refractivity contribution in [3.63, 3.8) is 0 Å². The number of aliphatic imine (C=N–C) groups is 1. The molecule has 0 bridgehead atoms. The van der Waals surface area contributed by atoms with Gasteiger partial charge in [-0.15, -0.1) is 0 Å². The molecule has 0 aromatic heterocycles. The van der Waals surface area contributed by atoms with Gasteiger partial charge in [-0.3, -0.25) is 14.6 Å². The van der Waals surface area contributed by atoms with Gasteiger partial charge in [0.05, 0.1) is 11.4 Å². The maximum absolute atomic E-state index is 13.0. The normalized spacial score (nSPS) is 14.6. The van der Waals surface area contributed by atoms with Gasteiger partial charge in [0.1, 0.15) is 5.92 Å². The molecule has 3 aromatic carbocycles. The summed E-state index contributed by atoms with van der Waals surface area (Å²) in [5, 5.41) is 0. The van der Waals surface area contributed by atoms with Crippen LogP contribution in [0.4, 0.5) is 5.69 Å². The maximum Gasteiger partial charge on any atom is 0.180 e. The Hall–Kier alpha value is -3.33. The van der Waals surface area contributed by atoms with Crippen molar-refractivity contribution in [1.82, 2.24) is 0 Å². The Kier molecular flexibility index (Phi) is 4.05. The molecule has 0 unspecified atom stereocenters. The Morgan fingerprint density at radius 3 is 1.85 bits per heavy atom. The summed E-state index contributed by atoms with van der Waals surface area (Å²) in [6, 6.07) is 24.2. The zero-order chi connectivity index (χ0) is 18.1. The number of para-hydroxylation sites is 1. The number of carbonyl (C=O) groups excluding carboxylic acids is 2. The molecule has 1 aliphatic carbocycles. The zero-order valence-electron chi connectivity index (χ0n) is 14.3. The summed E-state index contributed by atoms with van der Waals surface area (Å²) in [4.78, 5) is 30.7. The van der Waals surface area contributed by atoms with Crippen molar-refractivity contribution in [2.45, 2.75) is 6.92 Å². The number of hydrogen-bond donors (Lipinski definition) is 0. The van der Waals surface area contributed by atoms with Gasteiger partial charge in [-0.25, -0.2) is 0 Å². The SMILES string of the molecule is Cc1ccc(C(=Nc2ccccc2)C2C(=O)c3ccccc3C2=O)cc1. The Morgan fingerprint density at radius 2 is 1.27 bits per heavy atom. The quantitative estimate of drug-likeness (QED) is 0.508. The van der Waals surface area contributed by atoms with Gasteiger partial charge >= 0.3 is 0 Å². The molecule has 126 valence electrons. The van der Waals surface area contributed by atoms with Crippen molar-refractivity contribution in [2.24, 2.45) is 10.9 Å². The fourth-order valence-electron chi connectivity index (χ4n) is 3.25. The number of carbonyl (C=O) groups is 2. The smallest absolute Gasteiger partial charge is 0.180 e. The lowest BCUT2D eigenvalue weighted by molar-refractivity contribution is 0.0884. The van der Waals surface area contributed by atoms with Gasteiger partial charge in [0.15, 0.2) is 11.6 Å². The van der Waals surface area contributed by atoms with E-state index in [1.807, 2.05) is 61.5 Å². The highest BCUT2D eigenvalue weighted by molar-refractivity contribution is 6.39. The van der Waals surface area contributed by atoms with Crippen LogP contribution in [0, 0.1) is 12.8 Å². The van der Waals surface area contributed by atoms with Crippen LogP contribution in [0.25, 0.3) is 0 Å². The van der Waals surface area contributed by atoms with E-state index < -0.39 is 5.92 Å². The lowest BCUT2D eigenvalue weighted by Crippen LogP contribution is -2.26. The average Bonchev–Trinajstić information content (AvgIpc) is 2.93. The number of ketones is 2. The third-order valence-corrected chi connectivity index (χ3v) is 4.61. The molecular formula is C23H17NO2. The van der Waals surface area contributed by atoms with Crippen LogP contribution in [0.15, 0.2) is 83.9 Å². The Bertz CT molecular complexity index is 983. The minimum absolute atomic E-state index is 0.180. The minimum Gasteiger partial charge on any atom is -0.293 e. The first-order valence-corrected chi connectivity index (χ1v) is 8.53. The Labute approximate surface area is 152 Å². The molecule has 3 nitrogen and oxygen atoms in total. The second-order valence-electron chi connectivity index (χ2n) is 6.41. The zero-order valence-corrected chi connectivity index (χ0v) is 14.3. The number of Topliss-reactive ketones (excluding diaryl/α,β-unsaturated/α-hetero) is 2. The largest absolute Gasteiger partial charge is 0.293 e. The topological polar surface area (TPSA) is 46.5 Å². The first-order chi connectivity index (χ1) is 12.6. The van der Waals surface area contributed by atoms with Crippen molar-refractivity contribution in [3.05, 3.63) is 101 Å². The van der Waals surface area contributed by atoms with Crippen LogP contribution in [0.2, 0.25) is 0 Å². The molecule has 4 rings (SSSR count). The van der Waals surface area contributed by atoms with E-state index in [2.05, 4.69) is 0 Å². The second kappa shape index (κ2) is 6.52. The predicted octanol–water partition coefficient (Wildman–Crippen LogP) is 4.81. The number of fused-ring (bicyclic) bond motifs is 1. The molecule has 0 amide bonds. The number of benzene rings is 3. The number of nitrogens with zero attached hydrogens (tertiary/aromatic N) is 1. The van der Waals surface area contributed by atoms with E-state index in [1.54, 1.807) is 24.3 Å². The van der Waals surface area contributed by atoms with E-state index in [0.29, 0.717) is 16.8 Å². The molecule has 0 saturated heterocycles. The van der Waals surface area contributed by atoms with Crippen molar-refractivity contribution < 1.29 is 9.59 Å². The molecule has 0 saturated carbocycles. The van der Waals surface area contributed by atoms with Gasteiger partial charge in [-0.2, -0.15) is 0 Å². The molecule has 3 aromatic rings. The number of hydrogen-bond acceptors (Lipinski definition) is 3. The van der Waals surface area contributed by atoms with E-state index in [4.69, 9.17) is 4.99 Å². The van der Waals surface area contributed by atoms with Gasteiger partial charge < -0.3 is 0 Å². The van der Waals surface area contributed by atoms with Gasteiger partial charge in [0.2, 0.25) is 0 Å². The van der Waals surface area contributed by atoms with Crippen LogP contribution in [-0.4, -0.2) is 17.3 Å². The molecule has 26 heavy (non-hydrogen) atoms. The molecule has 0 fully saturated rings. The summed E-state index contributed by atoms with van der Waals surface area (Å²) in [5.74, 6) is -1.25. The fraction of sp³-hybridized carbons (Fsp3) is 0.0870. The summed E-state index contributed by atoms with van der Waals surface area (Å²) in [6.07, 6.45) is 0. The van der Waals surface area contributed by atoms with E-state index in [9.17, 15) is 9.59 Å². The van der Waals surface area contributed by atoms with Gasteiger partial charge in [-0.05, 0) is 24.6 Å². The molecule has 0 spiro atoms. The van der Waals surface area contributed by atoms with Crippen LogP contribution >= 0.6 is 0 Å². The van der Waals surface area contributed by atoms with Crippen molar-refractivity contribution in [1.29, 1.82) is 0 Å². The third kappa shape index (κ3) is 2.78. The molecule has 0 heterocycles. The van der Waals surface area contributed by atoms with E-state index in [1.165, 1.54) is 0 Å². The van der Waals surface area contributed by atoms with Crippen LogP contribution in [0.5, 0.6) is 0 Å². The number of rotatable bonds is 3. The lowest BCUT2D eigenvalue weighted by Gasteiger charge is -2.13. The molecule has 1 aliphatic rings. The first kappa shape index (κ1) is 16.2. The van der Waals surface area contributed by atoms with Crippen LogP contribution < -0.4 is 0 Å². The van der Waals surface area contributed by atoms with E-state index >= 15 is 0 Å². The molecule has 0 atom stereocenters. The highest BCUT2D eigenvalue weighted by Gasteiger charge is 2.41. The monoisotopic (exact) mass is 339 g/mol. The highest BCUT2D eigenvalue weighted by atomic mass is 16.2. The third-order valence-electron chi connectivity index (χ3n) is 4.61. The second-order valence-corrected chi connectivity index (χ2v) is 6.41. The van der Waals surface area contributed by atoms with Gasteiger partial charge in [0.25, 0.3) is 0 Å². The highest BCUT2D eigenvalue weighted by Crippen LogP contribution is 2.31. The lowest BCUT2D eigenvalue weighted by atomic mass is 9.91. The summed E-state index contributed by atoms with van der Waals surface area (Å²) in [6.45, 7) is 2.00.